The lowest BCUT2D eigenvalue weighted by Gasteiger charge is -2.31. The molecule has 14 heteroatoms. The Hall–Kier alpha value is -3.93. The first-order chi connectivity index (χ1) is 19.0. The fourth-order valence-electron chi connectivity index (χ4n) is 4.07. The summed E-state index contributed by atoms with van der Waals surface area (Å²) in [5, 5.41) is 12.5. The molecule has 10 nitrogen and oxygen atoms in total. The molecule has 0 aliphatic rings. The van der Waals surface area contributed by atoms with Crippen LogP contribution in [0.15, 0.2) is 52.5 Å². The summed E-state index contributed by atoms with van der Waals surface area (Å²) in [5.41, 5.74) is -0.238. The van der Waals surface area contributed by atoms with E-state index in [4.69, 9.17) is 4.18 Å². The van der Waals surface area contributed by atoms with E-state index in [1.165, 1.54) is 18.3 Å². The van der Waals surface area contributed by atoms with Crippen LogP contribution in [0.5, 0.6) is 0 Å². The van der Waals surface area contributed by atoms with Crippen molar-refractivity contribution in [3.05, 3.63) is 65.5 Å². The molecule has 0 bridgehead atoms. The summed E-state index contributed by atoms with van der Waals surface area (Å²) >= 11 is 0. The van der Waals surface area contributed by atoms with Crippen LogP contribution in [0.25, 0.3) is 22.3 Å². The van der Waals surface area contributed by atoms with E-state index in [1.54, 1.807) is 39.8 Å². The van der Waals surface area contributed by atoms with Gasteiger partial charge >= 0.3 is 0 Å². The molecule has 0 saturated heterocycles. The van der Waals surface area contributed by atoms with Gasteiger partial charge < -0.3 is 10.3 Å². The molecule has 0 spiro atoms. The van der Waals surface area contributed by atoms with Crippen molar-refractivity contribution in [2.24, 2.45) is 5.41 Å². The van der Waals surface area contributed by atoms with Crippen molar-refractivity contribution in [2.45, 2.75) is 43.5 Å². The molecule has 0 saturated carbocycles. The molecule has 4 aromatic rings. The molecule has 0 unspecified atom stereocenters. The van der Waals surface area contributed by atoms with E-state index >= 15 is 8.78 Å². The van der Waals surface area contributed by atoms with Gasteiger partial charge in [-0.3, -0.25) is 4.18 Å². The number of halogens is 2. The van der Waals surface area contributed by atoms with Crippen LogP contribution in [0.1, 0.15) is 31.9 Å². The lowest BCUT2D eigenvalue weighted by molar-refractivity contribution is 0.224. The summed E-state index contributed by atoms with van der Waals surface area (Å²) in [6.07, 6.45) is 2.97. The molecule has 0 radical (unpaired) electrons. The summed E-state index contributed by atoms with van der Waals surface area (Å²) in [5.74, 6) is -2.39. The zero-order chi connectivity index (χ0) is 30.3. The van der Waals surface area contributed by atoms with E-state index in [0.29, 0.717) is 0 Å². The third-order valence-corrected chi connectivity index (χ3v) is 8.76. The maximum absolute atomic E-state index is 15.3. The van der Waals surface area contributed by atoms with E-state index in [-0.39, 0.29) is 45.2 Å². The predicted octanol–water partition coefficient (Wildman–Crippen LogP) is 4.72. The maximum Gasteiger partial charge on any atom is 0.264 e. The predicted molar refractivity (Wildman–Crippen MR) is 148 cm³/mol. The number of pyridine rings is 2. The van der Waals surface area contributed by atoms with E-state index in [2.05, 4.69) is 20.3 Å². The van der Waals surface area contributed by atoms with Crippen LogP contribution >= 0.6 is 0 Å². The maximum atomic E-state index is 15.3. The van der Waals surface area contributed by atoms with Gasteiger partial charge in [0.25, 0.3) is 10.1 Å². The summed E-state index contributed by atoms with van der Waals surface area (Å²) in [4.78, 5) is 10.2. The van der Waals surface area contributed by atoms with Gasteiger partial charge in [-0.2, -0.15) is 13.7 Å². The zero-order valence-corrected chi connectivity index (χ0v) is 24.4. The van der Waals surface area contributed by atoms with E-state index in [0.717, 1.165) is 24.1 Å². The van der Waals surface area contributed by atoms with Crippen LogP contribution in [0.3, 0.4) is 0 Å². The van der Waals surface area contributed by atoms with Crippen molar-refractivity contribution >= 4 is 36.8 Å². The summed E-state index contributed by atoms with van der Waals surface area (Å²) in [7, 11) is -8.23. The van der Waals surface area contributed by atoms with Crippen molar-refractivity contribution in [1.29, 1.82) is 5.26 Å². The van der Waals surface area contributed by atoms with Gasteiger partial charge in [-0.05, 0) is 30.5 Å². The Morgan fingerprint density at radius 2 is 1.78 bits per heavy atom. The van der Waals surface area contributed by atoms with Gasteiger partial charge in [-0.15, -0.1) is 0 Å². The molecular formula is C27H27F2N5O5S2. The lowest BCUT2D eigenvalue weighted by Crippen LogP contribution is -2.39. The van der Waals surface area contributed by atoms with Crippen LogP contribution in [0, 0.1) is 35.3 Å². The zero-order valence-electron chi connectivity index (χ0n) is 22.8. The molecule has 2 N–H and O–H groups in total. The largest absolute Gasteiger partial charge is 0.362 e. The molecule has 3 heterocycles. The molecule has 0 aliphatic heterocycles. The fourth-order valence-corrected chi connectivity index (χ4v) is 5.97. The second-order valence-electron chi connectivity index (χ2n) is 10.6. The number of aromatic nitrogens is 3. The average molecular weight is 604 g/mol. The number of rotatable bonds is 8. The molecule has 0 aliphatic carbocycles. The van der Waals surface area contributed by atoms with Crippen molar-refractivity contribution in [1.82, 2.24) is 15.0 Å². The Balaban J connectivity index is 1.92. The van der Waals surface area contributed by atoms with Crippen molar-refractivity contribution in [3.8, 4) is 17.3 Å². The first-order valence-electron chi connectivity index (χ1n) is 12.2. The molecular weight excluding hydrogens is 576 g/mol. The number of nitriles is 1. The third kappa shape index (κ3) is 6.22. The number of nitrogens with zero attached hydrogens (tertiary/aromatic N) is 3. The minimum atomic E-state index is -4.42. The molecule has 4 rings (SSSR count). The highest BCUT2D eigenvalue weighted by molar-refractivity contribution is 7.91. The number of aromatic amines is 1. The Bertz CT molecular complexity index is 1890. The van der Waals surface area contributed by atoms with Gasteiger partial charge in [0.05, 0.1) is 46.6 Å². The van der Waals surface area contributed by atoms with E-state index in [1.807, 2.05) is 6.07 Å². The quantitative estimate of drug-likeness (QED) is 0.272. The van der Waals surface area contributed by atoms with Crippen LogP contribution in [0.2, 0.25) is 0 Å². The minimum absolute atomic E-state index is 0.00280. The normalized spacial score (nSPS) is 13.2. The average Bonchev–Trinajstić information content (AvgIpc) is 3.29. The van der Waals surface area contributed by atoms with Crippen LogP contribution in [0.4, 0.5) is 14.6 Å². The Kier molecular flexibility index (Phi) is 7.92. The Morgan fingerprint density at radius 1 is 1.12 bits per heavy atom. The van der Waals surface area contributed by atoms with Crippen molar-refractivity contribution in [2.75, 3.05) is 18.2 Å². The molecule has 1 atom stereocenters. The number of fused-ring (bicyclic) bond motifs is 1. The highest BCUT2D eigenvalue weighted by Gasteiger charge is 2.31. The van der Waals surface area contributed by atoms with Crippen LogP contribution < -0.4 is 5.32 Å². The van der Waals surface area contributed by atoms with Gasteiger partial charge in [0, 0.05) is 11.8 Å². The third-order valence-electron chi connectivity index (χ3n) is 6.37. The molecule has 41 heavy (non-hydrogen) atoms. The number of H-pyrrole nitrogens is 1. The van der Waals surface area contributed by atoms with Crippen molar-refractivity contribution in [3.63, 3.8) is 0 Å². The SMILES string of the molecule is Cc1ccc(S(=O)(=O)c2c(F)cnc3[nH]cc(-c4nc(N[C@H](COS(C)(=O)=O)C(C)(C)C)c(F)cc4C#N)c23)cc1. The molecule has 216 valence electrons. The van der Waals surface area contributed by atoms with Gasteiger partial charge in [0.2, 0.25) is 9.84 Å². The standard InChI is InChI=1S/C27H27F2N5O5S2/c1-15-6-8-17(9-7-15)41(37,38)24-20(29)13-32-26-22(24)18(12-31-26)23-16(11-30)10-19(28)25(34-23)33-21(27(2,3)4)14-39-40(5,35)36/h6-10,12-13,21H,14H2,1-5H3,(H,31,32)(H,33,34)/t21-/m1/s1. The molecule has 3 aromatic heterocycles. The summed E-state index contributed by atoms with van der Waals surface area (Å²) in [6.45, 7) is 6.75. The van der Waals surface area contributed by atoms with Gasteiger partial charge in [-0.1, -0.05) is 38.5 Å². The number of hydrogen-bond donors (Lipinski definition) is 2. The second kappa shape index (κ2) is 10.8. The Morgan fingerprint density at radius 3 is 2.37 bits per heavy atom. The van der Waals surface area contributed by atoms with Gasteiger partial charge in [-0.25, -0.2) is 27.2 Å². The lowest BCUT2D eigenvalue weighted by atomic mass is 9.87. The molecule has 0 fully saturated rings. The second-order valence-corrected chi connectivity index (χ2v) is 14.1. The number of nitrogens with one attached hydrogen (secondary N) is 2. The number of anilines is 1. The molecule has 0 amide bonds. The van der Waals surface area contributed by atoms with Crippen LogP contribution in [-0.2, 0) is 24.1 Å². The number of benzene rings is 1. The summed E-state index contributed by atoms with van der Waals surface area (Å²) in [6, 6.07) is 7.85. The highest BCUT2D eigenvalue weighted by Crippen LogP contribution is 2.38. The number of aryl methyl sites for hydroxylation is 1. The van der Waals surface area contributed by atoms with Gasteiger partial charge in [0.15, 0.2) is 17.5 Å². The highest BCUT2D eigenvalue weighted by atomic mass is 32.2. The Labute approximate surface area is 236 Å². The van der Waals surface area contributed by atoms with Gasteiger partial charge in [0.1, 0.15) is 16.6 Å². The summed E-state index contributed by atoms with van der Waals surface area (Å²) < 4.78 is 85.9. The number of hydrogen-bond acceptors (Lipinski definition) is 9. The number of sulfone groups is 1. The smallest absolute Gasteiger partial charge is 0.264 e. The van der Waals surface area contributed by atoms with E-state index in [9.17, 15) is 22.1 Å². The first-order valence-corrected chi connectivity index (χ1v) is 15.5. The van der Waals surface area contributed by atoms with Crippen molar-refractivity contribution < 1.29 is 29.8 Å². The van der Waals surface area contributed by atoms with E-state index < -0.39 is 47.9 Å². The minimum Gasteiger partial charge on any atom is -0.362 e. The monoisotopic (exact) mass is 603 g/mol. The van der Waals surface area contributed by atoms with Crippen LogP contribution in [-0.4, -0.2) is 50.7 Å². The fraction of sp³-hybridized carbons (Fsp3) is 0.296. The molecule has 1 aromatic carbocycles. The topological polar surface area (TPSA) is 155 Å². The first kappa shape index (κ1) is 30.0.